The molecule has 0 bridgehead atoms. The maximum Gasteiger partial charge on any atom is 0.193 e. The molecule has 0 saturated heterocycles. The van der Waals surface area contributed by atoms with Crippen LogP contribution in [0.4, 0.5) is 0 Å². The molecule has 19 heavy (non-hydrogen) atoms. The highest BCUT2D eigenvalue weighted by atomic mass is 16.3. The summed E-state index contributed by atoms with van der Waals surface area (Å²) in [5, 5.41) is 17.5. The van der Waals surface area contributed by atoms with Gasteiger partial charge in [0.2, 0.25) is 0 Å². The molecule has 0 amide bonds. The molecule has 2 rings (SSSR count). The van der Waals surface area contributed by atoms with Crippen molar-refractivity contribution >= 4 is 5.96 Å². The van der Waals surface area contributed by atoms with Gasteiger partial charge in [-0.05, 0) is 19.3 Å². The molecule has 1 aliphatic carbocycles. The van der Waals surface area contributed by atoms with E-state index in [1.807, 2.05) is 31.4 Å². The SMILES string of the molecule is CN=C(NCC1(O)CCC1)N(C)Cc1cnn(C)c1. The largest absolute Gasteiger partial charge is 0.388 e. The Morgan fingerprint density at radius 1 is 1.63 bits per heavy atom. The quantitative estimate of drug-likeness (QED) is 0.609. The van der Waals surface area contributed by atoms with Gasteiger partial charge in [-0.1, -0.05) is 0 Å². The van der Waals surface area contributed by atoms with E-state index in [9.17, 15) is 5.11 Å². The van der Waals surface area contributed by atoms with Gasteiger partial charge in [0.05, 0.1) is 11.8 Å². The summed E-state index contributed by atoms with van der Waals surface area (Å²) in [6.07, 6.45) is 6.71. The molecule has 0 radical (unpaired) electrons. The van der Waals surface area contributed by atoms with Crippen molar-refractivity contribution in [3.05, 3.63) is 18.0 Å². The Balaban J connectivity index is 1.86. The molecule has 1 heterocycles. The van der Waals surface area contributed by atoms with Crippen molar-refractivity contribution in [2.75, 3.05) is 20.6 Å². The van der Waals surface area contributed by atoms with Gasteiger partial charge in [0.15, 0.2) is 5.96 Å². The Morgan fingerprint density at radius 3 is 2.84 bits per heavy atom. The van der Waals surface area contributed by atoms with E-state index in [0.29, 0.717) is 6.54 Å². The molecule has 0 atom stereocenters. The molecule has 1 aromatic rings. The molecule has 6 heteroatoms. The highest BCUT2D eigenvalue weighted by Gasteiger charge is 2.34. The Kier molecular flexibility index (Phi) is 4.09. The first-order chi connectivity index (χ1) is 9.02. The highest BCUT2D eigenvalue weighted by molar-refractivity contribution is 5.79. The lowest BCUT2D eigenvalue weighted by molar-refractivity contribution is -0.0282. The van der Waals surface area contributed by atoms with Crippen LogP contribution in [0.25, 0.3) is 0 Å². The second-order valence-corrected chi connectivity index (χ2v) is 5.36. The molecule has 1 saturated carbocycles. The predicted molar refractivity (Wildman–Crippen MR) is 74.8 cm³/mol. The number of nitrogens with one attached hydrogen (secondary N) is 1. The van der Waals surface area contributed by atoms with Crippen molar-refractivity contribution in [2.45, 2.75) is 31.4 Å². The van der Waals surface area contributed by atoms with Crippen molar-refractivity contribution < 1.29 is 5.11 Å². The maximum absolute atomic E-state index is 10.1. The van der Waals surface area contributed by atoms with Gasteiger partial charge in [-0.2, -0.15) is 5.10 Å². The summed E-state index contributed by atoms with van der Waals surface area (Å²) in [6.45, 7) is 1.31. The van der Waals surface area contributed by atoms with Crippen LogP contribution >= 0.6 is 0 Å². The minimum atomic E-state index is -0.537. The van der Waals surface area contributed by atoms with Crippen LogP contribution in [0.15, 0.2) is 17.4 Å². The van der Waals surface area contributed by atoms with E-state index in [2.05, 4.69) is 15.4 Å². The van der Waals surface area contributed by atoms with Crippen molar-refractivity contribution in [1.82, 2.24) is 20.0 Å². The molecule has 1 fully saturated rings. The van der Waals surface area contributed by atoms with Crippen molar-refractivity contribution in [3.63, 3.8) is 0 Å². The fourth-order valence-corrected chi connectivity index (χ4v) is 2.29. The van der Waals surface area contributed by atoms with Crippen molar-refractivity contribution in [2.24, 2.45) is 12.0 Å². The van der Waals surface area contributed by atoms with E-state index in [-0.39, 0.29) is 0 Å². The maximum atomic E-state index is 10.1. The molecule has 1 aromatic heterocycles. The van der Waals surface area contributed by atoms with E-state index in [4.69, 9.17) is 0 Å². The second kappa shape index (κ2) is 5.61. The van der Waals surface area contributed by atoms with Crippen molar-refractivity contribution in [1.29, 1.82) is 0 Å². The zero-order valence-electron chi connectivity index (χ0n) is 11.9. The molecule has 0 unspecified atom stereocenters. The van der Waals surface area contributed by atoms with Gasteiger partial charge in [0.25, 0.3) is 0 Å². The number of nitrogens with zero attached hydrogens (tertiary/aromatic N) is 4. The van der Waals surface area contributed by atoms with E-state index in [0.717, 1.165) is 37.3 Å². The van der Waals surface area contributed by atoms with Crippen LogP contribution in [0.2, 0.25) is 0 Å². The fraction of sp³-hybridized carbons (Fsp3) is 0.692. The lowest BCUT2D eigenvalue weighted by Gasteiger charge is -2.37. The monoisotopic (exact) mass is 265 g/mol. The third-order valence-corrected chi connectivity index (χ3v) is 3.61. The van der Waals surface area contributed by atoms with Gasteiger partial charge in [-0.25, -0.2) is 0 Å². The number of hydrogen-bond acceptors (Lipinski definition) is 3. The molecule has 106 valence electrons. The van der Waals surface area contributed by atoms with E-state index in [1.54, 1.807) is 11.7 Å². The summed E-state index contributed by atoms with van der Waals surface area (Å²) in [6, 6.07) is 0. The lowest BCUT2D eigenvalue weighted by atomic mass is 9.80. The molecule has 6 nitrogen and oxygen atoms in total. The van der Waals surface area contributed by atoms with Crippen molar-refractivity contribution in [3.8, 4) is 0 Å². The van der Waals surface area contributed by atoms with Gasteiger partial charge in [-0.3, -0.25) is 9.67 Å². The summed E-state index contributed by atoms with van der Waals surface area (Å²) < 4.78 is 1.79. The summed E-state index contributed by atoms with van der Waals surface area (Å²) >= 11 is 0. The number of hydrogen-bond donors (Lipinski definition) is 2. The molecule has 0 aromatic carbocycles. The number of aliphatic imine (C=N–C) groups is 1. The minimum Gasteiger partial charge on any atom is -0.388 e. The van der Waals surface area contributed by atoms with Gasteiger partial charge < -0.3 is 15.3 Å². The van der Waals surface area contributed by atoms with Crippen LogP contribution in [0.3, 0.4) is 0 Å². The van der Waals surface area contributed by atoms with Gasteiger partial charge in [0, 0.05) is 46.0 Å². The van der Waals surface area contributed by atoms with Crippen LogP contribution in [0.1, 0.15) is 24.8 Å². The van der Waals surface area contributed by atoms with Crippen LogP contribution < -0.4 is 5.32 Å². The predicted octanol–water partition coefficient (Wildman–Crippen LogP) is 0.342. The Hall–Kier alpha value is -1.56. The summed E-state index contributed by atoms with van der Waals surface area (Å²) in [5.74, 6) is 0.796. The third kappa shape index (κ3) is 3.47. The van der Waals surface area contributed by atoms with Crippen LogP contribution in [-0.2, 0) is 13.6 Å². The van der Waals surface area contributed by atoms with Gasteiger partial charge in [-0.15, -0.1) is 0 Å². The topological polar surface area (TPSA) is 65.7 Å². The Bertz CT molecular complexity index is 450. The molecule has 0 spiro atoms. The average molecular weight is 265 g/mol. The Labute approximate surface area is 114 Å². The van der Waals surface area contributed by atoms with Gasteiger partial charge in [0.1, 0.15) is 0 Å². The first-order valence-electron chi connectivity index (χ1n) is 6.64. The summed E-state index contributed by atoms with van der Waals surface area (Å²) in [4.78, 5) is 6.27. The molecular weight excluding hydrogens is 242 g/mol. The molecule has 1 aliphatic rings. The normalized spacial score (nSPS) is 18.0. The zero-order chi connectivity index (χ0) is 13.9. The number of aromatic nitrogens is 2. The van der Waals surface area contributed by atoms with E-state index in [1.165, 1.54) is 0 Å². The molecular formula is C13H23N5O. The first kappa shape index (κ1) is 13.9. The minimum absolute atomic E-state index is 0.537. The Morgan fingerprint density at radius 2 is 2.37 bits per heavy atom. The van der Waals surface area contributed by atoms with Crippen LogP contribution in [0, 0.1) is 0 Å². The lowest BCUT2D eigenvalue weighted by Crippen LogP contribution is -2.50. The van der Waals surface area contributed by atoms with E-state index >= 15 is 0 Å². The smallest absolute Gasteiger partial charge is 0.193 e. The highest BCUT2D eigenvalue weighted by Crippen LogP contribution is 2.30. The number of rotatable bonds is 4. The van der Waals surface area contributed by atoms with Gasteiger partial charge >= 0.3 is 0 Å². The number of aliphatic hydroxyl groups is 1. The first-order valence-corrected chi connectivity index (χ1v) is 6.64. The summed E-state index contributed by atoms with van der Waals surface area (Å²) in [5.41, 5.74) is 0.598. The zero-order valence-corrected chi connectivity index (χ0v) is 11.9. The number of guanidine groups is 1. The molecule has 2 N–H and O–H groups in total. The standard InChI is InChI=1S/C13H23N5O/c1-14-12(15-10-13(19)5-4-6-13)17(2)8-11-7-16-18(3)9-11/h7,9,19H,4-6,8,10H2,1-3H3,(H,14,15). The van der Waals surface area contributed by atoms with E-state index < -0.39 is 5.60 Å². The van der Waals surface area contributed by atoms with Crippen LogP contribution in [0.5, 0.6) is 0 Å². The average Bonchev–Trinajstić information content (AvgIpc) is 2.73. The second-order valence-electron chi connectivity index (χ2n) is 5.36. The summed E-state index contributed by atoms with van der Waals surface area (Å²) in [7, 11) is 5.64. The van der Waals surface area contributed by atoms with Crippen LogP contribution in [-0.4, -0.2) is 52.0 Å². The molecule has 0 aliphatic heterocycles. The third-order valence-electron chi connectivity index (χ3n) is 3.61. The fourth-order valence-electron chi connectivity index (χ4n) is 2.29. The number of aryl methyl sites for hydroxylation is 1.